The second-order valence-electron chi connectivity index (χ2n) is 5.06. The van der Waals surface area contributed by atoms with Gasteiger partial charge in [-0.25, -0.2) is 4.39 Å². The van der Waals surface area contributed by atoms with Crippen molar-refractivity contribution >= 4 is 11.4 Å². The van der Waals surface area contributed by atoms with Crippen molar-refractivity contribution in [2.75, 3.05) is 11.9 Å². The van der Waals surface area contributed by atoms with Crippen molar-refractivity contribution in [2.24, 2.45) is 0 Å². The molecule has 0 bridgehead atoms. The molecule has 0 aliphatic heterocycles. The molecule has 0 radical (unpaired) electrons. The molecule has 0 amide bonds. The Bertz CT molecular complexity index is 473. The number of aliphatic hydroxyl groups is 1. The van der Waals surface area contributed by atoms with Gasteiger partial charge in [0.05, 0.1) is 22.3 Å². The number of benzene rings is 1. The molecular formula is C13H17FN2O3. The number of anilines is 1. The summed E-state index contributed by atoms with van der Waals surface area (Å²) >= 11 is 0. The maximum absolute atomic E-state index is 13.6. The molecule has 1 aliphatic rings. The summed E-state index contributed by atoms with van der Waals surface area (Å²) in [6, 6.07) is 3.46. The summed E-state index contributed by atoms with van der Waals surface area (Å²) in [4.78, 5) is 9.86. The highest BCUT2D eigenvalue weighted by atomic mass is 19.1. The van der Waals surface area contributed by atoms with Crippen molar-refractivity contribution in [2.45, 2.75) is 37.7 Å². The molecule has 2 rings (SSSR count). The lowest BCUT2D eigenvalue weighted by atomic mass is 9.85. The summed E-state index contributed by atoms with van der Waals surface area (Å²) in [5, 5.41) is 23.6. The minimum absolute atomic E-state index is 0.185. The summed E-state index contributed by atoms with van der Waals surface area (Å²) in [7, 11) is 0. The van der Waals surface area contributed by atoms with Gasteiger partial charge >= 0.3 is 0 Å². The monoisotopic (exact) mass is 268 g/mol. The molecule has 1 aromatic carbocycles. The maximum Gasteiger partial charge on any atom is 0.272 e. The fourth-order valence-electron chi connectivity index (χ4n) is 2.41. The van der Waals surface area contributed by atoms with Gasteiger partial charge in [-0.3, -0.25) is 10.1 Å². The molecular weight excluding hydrogens is 251 g/mol. The maximum atomic E-state index is 13.6. The SMILES string of the molecule is O=[N+]([O-])c1ccc(NCC2(O)CCCCC2)c(F)c1. The minimum atomic E-state index is -0.799. The number of nitro groups is 1. The zero-order valence-electron chi connectivity index (χ0n) is 10.6. The van der Waals surface area contributed by atoms with Crippen LogP contribution in [-0.2, 0) is 0 Å². The van der Waals surface area contributed by atoms with E-state index >= 15 is 0 Å². The van der Waals surface area contributed by atoms with Crippen LogP contribution in [0.1, 0.15) is 32.1 Å². The molecule has 0 aromatic heterocycles. The number of nitro benzene ring substituents is 1. The first-order chi connectivity index (χ1) is 9.00. The summed E-state index contributed by atoms with van der Waals surface area (Å²) in [5.41, 5.74) is -0.893. The van der Waals surface area contributed by atoms with Crippen molar-refractivity contribution in [1.82, 2.24) is 0 Å². The van der Waals surface area contributed by atoms with E-state index in [1.54, 1.807) is 0 Å². The average molecular weight is 268 g/mol. The molecule has 1 fully saturated rings. The largest absolute Gasteiger partial charge is 0.388 e. The van der Waals surface area contributed by atoms with E-state index in [2.05, 4.69) is 5.32 Å². The van der Waals surface area contributed by atoms with Crippen molar-refractivity contribution in [3.8, 4) is 0 Å². The lowest BCUT2D eigenvalue weighted by molar-refractivity contribution is -0.385. The van der Waals surface area contributed by atoms with E-state index in [0.29, 0.717) is 12.8 Å². The van der Waals surface area contributed by atoms with E-state index in [0.717, 1.165) is 25.3 Å². The summed E-state index contributed by atoms with van der Waals surface area (Å²) < 4.78 is 13.6. The van der Waals surface area contributed by atoms with Crippen LogP contribution in [0, 0.1) is 15.9 Å². The highest BCUT2D eigenvalue weighted by Gasteiger charge is 2.29. The number of non-ortho nitro benzene ring substituents is 1. The van der Waals surface area contributed by atoms with Crippen molar-refractivity contribution in [3.63, 3.8) is 0 Å². The molecule has 19 heavy (non-hydrogen) atoms. The lowest BCUT2D eigenvalue weighted by Crippen LogP contribution is -2.38. The van der Waals surface area contributed by atoms with Gasteiger partial charge in [0.2, 0.25) is 0 Å². The molecule has 0 heterocycles. The Morgan fingerprint density at radius 2 is 2.05 bits per heavy atom. The van der Waals surface area contributed by atoms with Gasteiger partial charge in [0, 0.05) is 12.6 Å². The molecule has 0 atom stereocenters. The molecule has 0 spiro atoms. The topological polar surface area (TPSA) is 75.4 Å². The molecule has 1 aliphatic carbocycles. The lowest BCUT2D eigenvalue weighted by Gasteiger charge is -2.32. The molecule has 6 heteroatoms. The van der Waals surface area contributed by atoms with Crippen LogP contribution in [0.4, 0.5) is 15.8 Å². The minimum Gasteiger partial charge on any atom is -0.388 e. The van der Waals surface area contributed by atoms with Crippen LogP contribution < -0.4 is 5.32 Å². The third kappa shape index (κ3) is 3.41. The summed E-state index contributed by atoms with van der Waals surface area (Å²) in [6.07, 6.45) is 4.47. The van der Waals surface area contributed by atoms with Crippen LogP contribution >= 0.6 is 0 Å². The third-order valence-electron chi connectivity index (χ3n) is 3.56. The highest BCUT2D eigenvalue weighted by Crippen LogP contribution is 2.29. The third-order valence-corrected chi connectivity index (χ3v) is 3.56. The van der Waals surface area contributed by atoms with Crippen LogP contribution in [0.2, 0.25) is 0 Å². The molecule has 104 valence electrons. The van der Waals surface area contributed by atoms with Crippen molar-refractivity contribution < 1.29 is 14.4 Å². The van der Waals surface area contributed by atoms with Gasteiger partial charge in [-0.15, -0.1) is 0 Å². The van der Waals surface area contributed by atoms with Gasteiger partial charge in [0.25, 0.3) is 5.69 Å². The first-order valence-corrected chi connectivity index (χ1v) is 6.40. The van der Waals surface area contributed by atoms with E-state index < -0.39 is 16.3 Å². The van der Waals surface area contributed by atoms with Gasteiger partial charge < -0.3 is 10.4 Å². The van der Waals surface area contributed by atoms with Gasteiger partial charge in [-0.1, -0.05) is 19.3 Å². The van der Waals surface area contributed by atoms with E-state index in [1.807, 2.05) is 0 Å². The Balaban J connectivity index is 2.01. The fraction of sp³-hybridized carbons (Fsp3) is 0.538. The predicted molar refractivity (Wildman–Crippen MR) is 69.6 cm³/mol. The fourth-order valence-corrected chi connectivity index (χ4v) is 2.41. The second kappa shape index (κ2) is 5.52. The molecule has 2 N–H and O–H groups in total. The molecule has 1 aromatic rings. The Kier molecular flexibility index (Phi) is 3.99. The molecule has 5 nitrogen and oxygen atoms in total. The van der Waals surface area contributed by atoms with E-state index in [-0.39, 0.29) is 17.9 Å². The zero-order valence-corrected chi connectivity index (χ0v) is 10.6. The van der Waals surface area contributed by atoms with Crippen LogP contribution in [0.5, 0.6) is 0 Å². The van der Waals surface area contributed by atoms with Gasteiger partial charge in [0.15, 0.2) is 5.82 Å². The predicted octanol–water partition coefficient (Wildman–Crippen LogP) is 2.84. The number of hydrogen-bond acceptors (Lipinski definition) is 4. The Labute approximate surface area is 110 Å². The first-order valence-electron chi connectivity index (χ1n) is 6.40. The molecule has 1 saturated carbocycles. The van der Waals surface area contributed by atoms with Crippen LogP contribution in [0.25, 0.3) is 0 Å². The smallest absolute Gasteiger partial charge is 0.272 e. The summed E-state index contributed by atoms with van der Waals surface area (Å²) in [6.45, 7) is 0.266. The highest BCUT2D eigenvalue weighted by molar-refractivity contribution is 5.50. The van der Waals surface area contributed by atoms with E-state index in [9.17, 15) is 19.6 Å². The summed E-state index contributed by atoms with van der Waals surface area (Å²) in [5.74, 6) is -0.673. The Hall–Kier alpha value is -1.69. The second-order valence-corrected chi connectivity index (χ2v) is 5.06. The first kappa shape index (κ1) is 13.7. The number of nitrogens with zero attached hydrogens (tertiary/aromatic N) is 1. The van der Waals surface area contributed by atoms with Gasteiger partial charge in [-0.2, -0.15) is 0 Å². The number of rotatable bonds is 4. The number of hydrogen-bond donors (Lipinski definition) is 2. The zero-order chi connectivity index (χ0) is 13.9. The van der Waals surface area contributed by atoms with Gasteiger partial charge in [-0.05, 0) is 18.9 Å². The Morgan fingerprint density at radius 3 is 2.63 bits per heavy atom. The number of halogens is 1. The van der Waals surface area contributed by atoms with Gasteiger partial charge in [0.1, 0.15) is 0 Å². The van der Waals surface area contributed by atoms with Crippen molar-refractivity contribution in [3.05, 3.63) is 34.1 Å². The Morgan fingerprint density at radius 1 is 1.37 bits per heavy atom. The molecule has 0 unspecified atom stereocenters. The van der Waals surface area contributed by atoms with Crippen molar-refractivity contribution in [1.29, 1.82) is 0 Å². The normalized spacial score (nSPS) is 18.0. The van der Waals surface area contributed by atoms with Crippen LogP contribution in [0.15, 0.2) is 18.2 Å². The van der Waals surface area contributed by atoms with E-state index in [1.165, 1.54) is 12.1 Å². The quantitative estimate of drug-likeness (QED) is 0.650. The average Bonchev–Trinajstić information content (AvgIpc) is 2.38. The van der Waals surface area contributed by atoms with Crippen LogP contribution in [0.3, 0.4) is 0 Å². The molecule has 0 saturated heterocycles. The standard InChI is InChI=1S/C13H17FN2O3/c14-11-8-10(16(18)19)4-5-12(11)15-9-13(17)6-2-1-3-7-13/h4-5,8,15,17H,1-3,6-7,9H2. The number of nitrogens with one attached hydrogen (secondary N) is 1. The van der Waals surface area contributed by atoms with Crippen LogP contribution in [-0.4, -0.2) is 22.2 Å². The van der Waals surface area contributed by atoms with E-state index in [4.69, 9.17) is 0 Å².